The summed E-state index contributed by atoms with van der Waals surface area (Å²) in [6.45, 7) is 2.95. The van der Waals surface area contributed by atoms with Gasteiger partial charge in [0.1, 0.15) is 11.3 Å². The Balaban J connectivity index is 1.85. The first kappa shape index (κ1) is 18.6. The second kappa shape index (κ2) is 7.18. The van der Waals surface area contributed by atoms with Crippen molar-refractivity contribution in [3.8, 4) is 0 Å². The highest BCUT2D eigenvalue weighted by molar-refractivity contribution is 7.88. The van der Waals surface area contributed by atoms with E-state index in [1.807, 2.05) is 31.2 Å². The van der Waals surface area contributed by atoms with Crippen LogP contribution in [0.3, 0.4) is 0 Å². The first-order chi connectivity index (χ1) is 12.3. The van der Waals surface area contributed by atoms with Gasteiger partial charge in [-0.1, -0.05) is 22.7 Å². The number of rotatable bonds is 7. The third-order valence-corrected chi connectivity index (χ3v) is 5.42. The number of para-hydroxylation sites is 1. The van der Waals surface area contributed by atoms with E-state index in [1.165, 1.54) is 7.11 Å². The molecule has 2 N–H and O–H groups in total. The molecule has 0 aliphatic heterocycles. The maximum atomic E-state index is 11.6. The smallest absolute Gasteiger partial charge is 0.233 e. The van der Waals surface area contributed by atoms with Gasteiger partial charge in [-0.2, -0.15) is 0 Å². The average Bonchev–Trinajstić information content (AvgIpc) is 2.91. The number of sulfonamides is 1. The van der Waals surface area contributed by atoms with E-state index in [0.29, 0.717) is 30.8 Å². The van der Waals surface area contributed by atoms with E-state index in [4.69, 9.17) is 10.6 Å². The lowest BCUT2D eigenvalue weighted by Crippen LogP contribution is -2.30. The maximum absolute atomic E-state index is 11.6. The molecule has 0 atom stereocenters. The number of hydrogen-bond acceptors (Lipinski definition) is 6. The quantitative estimate of drug-likeness (QED) is 0.499. The van der Waals surface area contributed by atoms with Crippen molar-refractivity contribution in [2.24, 2.45) is 0 Å². The molecule has 0 bridgehead atoms. The molecule has 8 nitrogen and oxygen atoms in total. The molecule has 2 heterocycles. The Morgan fingerprint density at radius 2 is 1.96 bits per heavy atom. The average molecular weight is 377 g/mol. The van der Waals surface area contributed by atoms with Crippen molar-refractivity contribution in [3.05, 3.63) is 30.1 Å². The summed E-state index contributed by atoms with van der Waals surface area (Å²) in [7, 11) is -2.00. The molecule has 26 heavy (non-hydrogen) atoms. The van der Waals surface area contributed by atoms with Crippen LogP contribution in [0.15, 0.2) is 24.3 Å². The van der Waals surface area contributed by atoms with E-state index in [0.717, 1.165) is 39.4 Å². The number of hydrogen-bond donors (Lipinski definition) is 1. The van der Waals surface area contributed by atoms with E-state index in [2.05, 4.69) is 14.5 Å². The first-order valence-corrected chi connectivity index (χ1v) is 10.2. The number of pyridine rings is 1. The number of benzene rings is 1. The predicted molar refractivity (Wildman–Crippen MR) is 102 cm³/mol. The van der Waals surface area contributed by atoms with Crippen molar-refractivity contribution >= 4 is 37.8 Å². The van der Waals surface area contributed by atoms with Crippen molar-refractivity contribution in [2.45, 2.75) is 26.3 Å². The molecule has 9 heteroatoms. The molecule has 0 amide bonds. The van der Waals surface area contributed by atoms with Gasteiger partial charge in [-0.3, -0.25) is 4.84 Å². The maximum Gasteiger partial charge on any atom is 0.233 e. The normalized spacial score (nSPS) is 12.5. The topological polar surface area (TPSA) is 103 Å². The number of hydroxylamine groups is 1. The van der Waals surface area contributed by atoms with E-state index in [-0.39, 0.29) is 0 Å². The van der Waals surface area contributed by atoms with Gasteiger partial charge < -0.3 is 10.3 Å². The number of aryl methyl sites for hydroxylation is 2. The second-order valence-electron chi connectivity index (χ2n) is 6.20. The Morgan fingerprint density at radius 3 is 2.65 bits per heavy atom. The Kier molecular flexibility index (Phi) is 5.12. The van der Waals surface area contributed by atoms with Crippen LogP contribution < -0.4 is 5.73 Å². The minimum Gasteiger partial charge on any atom is -0.382 e. The molecule has 0 aliphatic rings. The fourth-order valence-corrected chi connectivity index (χ4v) is 3.88. The number of fused-ring (bicyclic) bond motifs is 3. The molecule has 0 saturated carbocycles. The fraction of sp³-hybridized carbons (Fsp3) is 0.412. The summed E-state index contributed by atoms with van der Waals surface area (Å²) in [5.74, 6) is 1.28. The summed E-state index contributed by atoms with van der Waals surface area (Å²) in [6, 6.07) is 7.84. The van der Waals surface area contributed by atoms with E-state index >= 15 is 0 Å². The highest BCUT2D eigenvalue weighted by atomic mass is 32.2. The minimum atomic E-state index is -3.36. The van der Waals surface area contributed by atoms with Crippen LogP contribution in [0, 0.1) is 6.92 Å². The molecule has 0 spiro atoms. The van der Waals surface area contributed by atoms with E-state index < -0.39 is 10.0 Å². The molecule has 1 aromatic carbocycles. The van der Waals surface area contributed by atoms with Crippen molar-refractivity contribution in [1.82, 2.24) is 19.0 Å². The molecule has 3 aromatic rings. The standard InChI is InChI=1S/C17H23N5O3S/c1-12-19-15-16(13-8-4-5-9-14(13)20-17(15)18)21(12)10-6-7-11-22(25-2)26(3,23)24/h4-5,8-9H,6-7,10-11H2,1-3H3,(H2,18,20). The SMILES string of the molecule is CON(CCCCn1c(C)nc2c(N)nc3ccccc3c21)S(C)(=O)=O. The number of anilines is 1. The highest BCUT2D eigenvalue weighted by Crippen LogP contribution is 2.28. The number of nitrogens with zero attached hydrogens (tertiary/aromatic N) is 4. The van der Waals surface area contributed by atoms with Gasteiger partial charge in [-0.05, 0) is 25.8 Å². The van der Waals surface area contributed by atoms with Gasteiger partial charge >= 0.3 is 0 Å². The molecular formula is C17H23N5O3S. The van der Waals surface area contributed by atoms with Gasteiger partial charge in [0.15, 0.2) is 5.82 Å². The Bertz CT molecular complexity index is 1050. The largest absolute Gasteiger partial charge is 0.382 e. The molecule has 2 aromatic heterocycles. The van der Waals surface area contributed by atoms with Gasteiger partial charge in [0, 0.05) is 18.5 Å². The molecular weight excluding hydrogens is 354 g/mol. The Labute approximate surface area is 152 Å². The number of nitrogens with two attached hydrogens (primary N) is 1. The summed E-state index contributed by atoms with van der Waals surface area (Å²) < 4.78 is 26.2. The van der Waals surface area contributed by atoms with E-state index in [1.54, 1.807) is 0 Å². The van der Waals surface area contributed by atoms with Crippen LogP contribution in [0.4, 0.5) is 5.82 Å². The zero-order chi connectivity index (χ0) is 18.9. The lowest BCUT2D eigenvalue weighted by Gasteiger charge is -2.16. The van der Waals surface area contributed by atoms with Crippen LogP contribution in [0.2, 0.25) is 0 Å². The zero-order valence-electron chi connectivity index (χ0n) is 15.1. The van der Waals surface area contributed by atoms with Crippen molar-refractivity contribution in [2.75, 3.05) is 25.6 Å². The number of aromatic nitrogens is 3. The third-order valence-electron chi connectivity index (χ3n) is 4.35. The molecule has 0 radical (unpaired) electrons. The van der Waals surface area contributed by atoms with Crippen LogP contribution in [-0.2, 0) is 21.4 Å². The first-order valence-electron chi connectivity index (χ1n) is 8.36. The summed E-state index contributed by atoms with van der Waals surface area (Å²) in [4.78, 5) is 13.9. The zero-order valence-corrected chi connectivity index (χ0v) is 16.0. The minimum absolute atomic E-state index is 0.311. The van der Waals surface area contributed by atoms with Crippen LogP contribution in [0.1, 0.15) is 18.7 Å². The summed E-state index contributed by atoms with van der Waals surface area (Å²) in [6.07, 6.45) is 2.57. The van der Waals surface area contributed by atoms with Gasteiger partial charge in [0.25, 0.3) is 0 Å². The molecule has 0 unspecified atom stereocenters. The van der Waals surface area contributed by atoms with Gasteiger partial charge in [-0.15, -0.1) is 0 Å². The Morgan fingerprint density at radius 1 is 1.23 bits per heavy atom. The lowest BCUT2D eigenvalue weighted by atomic mass is 10.2. The van der Waals surface area contributed by atoms with E-state index in [9.17, 15) is 8.42 Å². The van der Waals surface area contributed by atoms with Crippen molar-refractivity contribution < 1.29 is 13.3 Å². The monoisotopic (exact) mass is 377 g/mol. The number of nitrogen functional groups attached to an aromatic ring is 1. The van der Waals surface area contributed by atoms with Gasteiger partial charge in [-0.25, -0.2) is 18.4 Å². The van der Waals surface area contributed by atoms with Gasteiger partial charge in [0.05, 0.1) is 24.4 Å². The third kappa shape index (κ3) is 3.50. The lowest BCUT2D eigenvalue weighted by molar-refractivity contribution is -0.0487. The Hall–Kier alpha value is -2.23. The van der Waals surface area contributed by atoms with Gasteiger partial charge in [0.2, 0.25) is 10.0 Å². The van der Waals surface area contributed by atoms with Crippen molar-refractivity contribution in [1.29, 1.82) is 0 Å². The molecule has 0 saturated heterocycles. The summed E-state index contributed by atoms with van der Waals surface area (Å²) >= 11 is 0. The molecule has 0 aliphatic carbocycles. The van der Waals surface area contributed by atoms with Crippen LogP contribution in [0.25, 0.3) is 21.9 Å². The van der Waals surface area contributed by atoms with Crippen LogP contribution >= 0.6 is 0 Å². The second-order valence-corrected chi connectivity index (χ2v) is 8.07. The highest BCUT2D eigenvalue weighted by Gasteiger charge is 2.17. The fourth-order valence-electron chi connectivity index (χ4n) is 3.15. The summed E-state index contributed by atoms with van der Waals surface area (Å²) in [5, 5.41) is 1.01. The molecule has 3 rings (SSSR count). The van der Waals surface area contributed by atoms with Crippen LogP contribution in [0.5, 0.6) is 0 Å². The van der Waals surface area contributed by atoms with Crippen molar-refractivity contribution in [3.63, 3.8) is 0 Å². The molecule has 0 fully saturated rings. The van der Waals surface area contributed by atoms with Crippen LogP contribution in [-0.4, -0.2) is 47.3 Å². The predicted octanol–water partition coefficient (Wildman–Crippen LogP) is 2.08. The summed E-state index contributed by atoms with van der Waals surface area (Å²) in [5.41, 5.74) is 8.60. The number of unbranched alkanes of at least 4 members (excludes halogenated alkanes) is 1. The molecule has 140 valence electrons. The number of imidazole rings is 1.